The van der Waals surface area contributed by atoms with Crippen LogP contribution in [0.15, 0.2) is 49.1 Å². The van der Waals surface area contributed by atoms with Gasteiger partial charge in [0.05, 0.1) is 11.6 Å². The Bertz CT molecular complexity index is 730. The predicted molar refractivity (Wildman–Crippen MR) is 106 cm³/mol. The quantitative estimate of drug-likeness (QED) is 0.558. The molecule has 2 bridgehead atoms. The van der Waals surface area contributed by atoms with Crippen LogP contribution in [0, 0.1) is 36.0 Å². The number of hydrogen-bond donors (Lipinski definition) is 0. The fourth-order valence-corrected chi connectivity index (χ4v) is 4.68. The zero-order chi connectivity index (χ0) is 18.0. The second kappa shape index (κ2) is 7.44. The van der Waals surface area contributed by atoms with E-state index in [1.54, 1.807) is 0 Å². The van der Waals surface area contributed by atoms with Crippen molar-refractivity contribution in [1.82, 2.24) is 0 Å². The van der Waals surface area contributed by atoms with Crippen molar-refractivity contribution in [2.24, 2.45) is 17.8 Å². The van der Waals surface area contributed by atoms with E-state index < -0.39 is 0 Å². The predicted octanol–water partition coefficient (Wildman–Crippen LogP) is 6.60. The molecule has 2 fully saturated rings. The van der Waals surface area contributed by atoms with Crippen molar-refractivity contribution < 1.29 is 0 Å². The average Bonchev–Trinajstić information content (AvgIpc) is 2.59. The standard InChI is InChI=1S/C24H29N/c1-16-8-11-24(23(12-16)15-25)18(3)10-9-17(2)22-13-20-6-5-7-21(14-22)19(20)4/h8,11-12,20-22H,2-7,9-10,13-14H2,1H3. The lowest BCUT2D eigenvalue weighted by Gasteiger charge is -2.42. The van der Waals surface area contributed by atoms with Gasteiger partial charge in [0, 0.05) is 0 Å². The molecule has 0 radical (unpaired) electrons. The van der Waals surface area contributed by atoms with Crippen LogP contribution < -0.4 is 0 Å². The molecule has 2 saturated carbocycles. The van der Waals surface area contributed by atoms with Gasteiger partial charge >= 0.3 is 0 Å². The van der Waals surface area contributed by atoms with Crippen molar-refractivity contribution >= 4 is 5.57 Å². The first-order chi connectivity index (χ1) is 12.0. The lowest BCUT2D eigenvalue weighted by atomic mass is 9.63. The molecule has 0 N–H and O–H groups in total. The maximum Gasteiger partial charge on any atom is 0.0998 e. The van der Waals surface area contributed by atoms with Gasteiger partial charge < -0.3 is 0 Å². The smallest absolute Gasteiger partial charge is 0.0998 e. The maximum absolute atomic E-state index is 9.37. The molecule has 2 aliphatic rings. The molecule has 0 saturated heterocycles. The largest absolute Gasteiger partial charge is 0.192 e. The molecule has 1 heteroatoms. The third-order valence-corrected chi connectivity index (χ3v) is 6.29. The van der Waals surface area contributed by atoms with Crippen LogP contribution in [-0.4, -0.2) is 0 Å². The van der Waals surface area contributed by atoms with Crippen LogP contribution in [0.1, 0.15) is 61.6 Å². The topological polar surface area (TPSA) is 23.8 Å². The van der Waals surface area contributed by atoms with Crippen LogP contribution in [0.5, 0.6) is 0 Å². The third-order valence-electron chi connectivity index (χ3n) is 6.29. The number of fused-ring (bicyclic) bond motifs is 2. The van der Waals surface area contributed by atoms with Crippen LogP contribution in [0.25, 0.3) is 5.57 Å². The summed E-state index contributed by atoms with van der Waals surface area (Å²) < 4.78 is 0. The number of hydrogen-bond acceptors (Lipinski definition) is 1. The van der Waals surface area contributed by atoms with Crippen LogP contribution in [0.2, 0.25) is 0 Å². The number of aryl methyl sites for hydroxylation is 1. The minimum Gasteiger partial charge on any atom is -0.192 e. The van der Waals surface area contributed by atoms with Crippen molar-refractivity contribution in [3.63, 3.8) is 0 Å². The fourth-order valence-electron chi connectivity index (χ4n) is 4.68. The summed E-state index contributed by atoms with van der Waals surface area (Å²) in [6.07, 6.45) is 8.37. The molecule has 0 heterocycles. The van der Waals surface area contributed by atoms with Gasteiger partial charge in [0.2, 0.25) is 0 Å². The van der Waals surface area contributed by atoms with Crippen LogP contribution in [0.3, 0.4) is 0 Å². The van der Waals surface area contributed by atoms with Crippen molar-refractivity contribution in [1.29, 1.82) is 5.26 Å². The Balaban J connectivity index is 1.60. The van der Waals surface area contributed by atoms with E-state index in [4.69, 9.17) is 0 Å². The van der Waals surface area contributed by atoms with E-state index in [1.165, 1.54) is 43.3 Å². The van der Waals surface area contributed by atoms with Crippen molar-refractivity contribution in [3.05, 3.63) is 65.8 Å². The van der Waals surface area contributed by atoms with E-state index in [2.05, 4.69) is 31.9 Å². The zero-order valence-electron chi connectivity index (χ0n) is 15.5. The summed E-state index contributed by atoms with van der Waals surface area (Å²) in [7, 11) is 0. The van der Waals surface area contributed by atoms with Gasteiger partial charge in [0.15, 0.2) is 0 Å². The van der Waals surface area contributed by atoms with Crippen LogP contribution >= 0.6 is 0 Å². The molecular weight excluding hydrogens is 302 g/mol. The molecule has 130 valence electrons. The fraction of sp³-hybridized carbons (Fsp3) is 0.458. The Morgan fingerprint density at radius 3 is 2.48 bits per heavy atom. The molecule has 2 atom stereocenters. The summed E-state index contributed by atoms with van der Waals surface area (Å²) >= 11 is 0. The van der Waals surface area contributed by atoms with Gasteiger partial charge in [-0.15, -0.1) is 0 Å². The van der Waals surface area contributed by atoms with Crippen molar-refractivity contribution in [2.75, 3.05) is 0 Å². The molecule has 2 aliphatic carbocycles. The zero-order valence-corrected chi connectivity index (χ0v) is 15.5. The first-order valence-corrected chi connectivity index (χ1v) is 9.54. The average molecular weight is 332 g/mol. The number of rotatable bonds is 5. The van der Waals surface area contributed by atoms with Gasteiger partial charge in [-0.25, -0.2) is 0 Å². The monoisotopic (exact) mass is 331 g/mol. The summed E-state index contributed by atoms with van der Waals surface area (Å²) in [4.78, 5) is 0. The molecule has 0 aliphatic heterocycles. The number of nitrogens with zero attached hydrogens (tertiary/aromatic N) is 1. The highest BCUT2D eigenvalue weighted by atomic mass is 14.4. The first-order valence-electron chi connectivity index (χ1n) is 9.54. The first kappa shape index (κ1) is 17.7. The van der Waals surface area contributed by atoms with Gasteiger partial charge in [-0.1, -0.05) is 49.4 Å². The Morgan fingerprint density at radius 1 is 1.16 bits per heavy atom. The minimum absolute atomic E-state index is 0.641. The summed E-state index contributed by atoms with van der Waals surface area (Å²) in [5.74, 6) is 2.08. The minimum atomic E-state index is 0.641. The highest BCUT2D eigenvalue weighted by Crippen LogP contribution is 2.48. The molecule has 3 rings (SSSR count). The lowest BCUT2D eigenvalue weighted by Crippen LogP contribution is -2.29. The second-order valence-electron chi connectivity index (χ2n) is 7.99. The Morgan fingerprint density at radius 2 is 1.84 bits per heavy atom. The number of nitriles is 1. The number of benzene rings is 1. The molecule has 25 heavy (non-hydrogen) atoms. The van der Waals surface area contributed by atoms with Gasteiger partial charge in [0.1, 0.15) is 0 Å². The number of allylic oxidation sites excluding steroid dienone is 3. The molecular formula is C24H29N. The lowest BCUT2D eigenvalue weighted by molar-refractivity contribution is 0.229. The molecule has 2 unspecified atom stereocenters. The highest BCUT2D eigenvalue weighted by Gasteiger charge is 2.35. The van der Waals surface area contributed by atoms with Gasteiger partial charge in [-0.05, 0) is 86.0 Å². The van der Waals surface area contributed by atoms with Crippen molar-refractivity contribution in [2.45, 2.75) is 51.9 Å². The van der Waals surface area contributed by atoms with E-state index in [-0.39, 0.29) is 0 Å². The van der Waals surface area contributed by atoms with Gasteiger partial charge in [-0.2, -0.15) is 5.26 Å². The van der Waals surface area contributed by atoms with E-state index >= 15 is 0 Å². The molecule has 1 aromatic rings. The van der Waals surface area contributed by atoms with Crippen LogP contribution in [-0.2, 0) is 0 Å². The third kappa shape index (κ3) is 3.79. The van der Waals surface area contributed by atoms with E-state index in [1.807, 2.05) is 19.1 Å². The van der Waals surface area contributed by atoms with Gasteiger partial charge in [-0.3, -0.25) is 0 Å². The molecule has 1 nitrogen and oxygen atoms in total. The normalized spacial score (nSPS) is 25.3. The van der Waals surface area contributed by atoms with E-state index in [0.717, 1.165) is 46.9 Å². The summed E-state index contributed by atoms with van der Waals surface area (Å²) in [6.45, 7) is 15.0. The maximum atomic E-state index is 9.37. The van der Waals surface area contributed by atoms with Crippen molar-refractivity contribution in [3.8, 4) is 6.07 Å². The molecule has 0 aromatic heterocycles. The SMILES string of the molecule is C=C(CCC(=C)C1CC2CCCC(C1)C2=C)c1ccc(C)cc1C#N. The second-order valence-corrected chi connectivity index (χ2v) is 7.99. The Kier molecular flexibility index (Phi) is 5.28. The van der Waals surface area contributed by atoms with E-state index in [0.29, 0.717) is 5.92 Å². The van der Waals surface area contributed by atoms with Crippen LogP contribution in [0.4, 0.5) is 0 Å². The molecule has 0 amide bonds. The summed E-state index contributed by atoms with van der Waals surface area (Å²) in [6, 6.07) is 8.35. The van der Waals surface area contributed by atoms with Gasteiger partial charge in [0.25, 0.3) is 0 Å². The highest BCUT2D eigenvalue weighted by molar-refractivity contribution is 5.69. The summed E-state index contributed by atoms with van der Waals surface area (Å²) in [5.41, 5.74) is 6.78. The van der Waals surface area contributed by atoms with E-state index in [9.17, 15) is 5.26 Å². The molecule has 1 aromatic carbocycles. The summed E-state index contributed by atoms with van der Waals surface area (Å²) in [5, 5.41) is 9.37. The Labute approximate surface area is 152 Å². The Hall–Kier alpha value is -2.07. The molecule has 0 spiro atoms.